The van der Waals surface area contributed by atoms with Crippen molar-refractivity contribution >= 4 is 11.9 Å². The van der Waals surface area contributed by atoms with E-state index in [1.807, 2.05) is 0 Å². The Labute approximate surface area is 158 Å². The van der Waals surface area contributed by atoms with E-state index in [1.54, 1.807) is 0 Å². The van der Waals surface area contributed by atoms with Gasteiger partial charge < -0.3 is 14.9 Å². The summed E-state index contributed by atoms with van der Waals surface area (Å²) in [6.45, 7) is 3.35. The molecule has 1 saturated heterocycles. The zero-order chi connectivity index (χ0) is 19.3. The SMILES string of the molecule is O=C(O)C(=O)O.c1ccc(CCN2CCC3(Cc4ccccc4O3)C2)cc1. The van der Waals surface area contributed by atoms with Crippen LogP contribution in [0.15, 0.2) is 54.6 Å². The second-order valence-electron chi connectivity index (χ2n) is 6.94. The largest absolute Gasteiger partial charge is 0.485 e. The van der Waals surface area contributed by atoms with E-state index in [2.05, 4.69) is 59.5 Å². The number of hydrogen-bond donors (Lipinski definition) is 2. The molecule has 0 saturated carbocycles. The van der Waals surface area contributed by atoms with Crippen molar-refractivity contribution in [1.29, 1.82) is 0 Å². The number of ether oxygens (including phenoxy) is 1. The highest BCUT2D eigenvalue weighted by Crippen LogP contribution is 2.40. The molecule has 27 heavy (non-hydrogen) atoms. The lowest BCUT2D eigenvalue weighted by Gasteiger charge is -2.24. The molecule has 0 amide bonds. The van der Waals surface area contributed by atoms with Crippen LogP contribution in [0.2, 0.25) is 0 Å². The first kappa shape index (κ1) is 18.9. The Balaban J connectivity index is 0.000000307. The van der Waals surface area contributed by atoms with E-state index in [0.717, 1.165) is 44.6 Å². The van der Waals surface area contributed by atoms with Gasteiger partial charge in [-0.2, -0.15) is 0 Å². The standard InChI is InChI=1S/C19H21NO.C2H2O4/c1-2-6-16(7-3-1)10-12-20-13-11-19(15-20)14-17-8-4-5-9-18(17)21-19;3-1(4)2(5)6/h1-9H,10-15H2;(H,3,4)(H,5,6). The maximum absolute atomic E-state index is 9.10. The summed E-state index contributed by atoms with van der Waals surface area (Å²) < 4.78 is 6.30. The molecular formula is C21H23NO5. The molecule has 2 N–H and O–H groups in total. The number of nitrogens with zero attached hydrogens (tertiary/aromatic N) is 1. The minimum absolute atomic E-state index is 0.0420. The molecule has 142 valence electrons. The van der Waals surface area contributed by atoms with Gasteiger partial charge in [0.2, 0.25) is 0 Å². The second kappa shape index (κ2) is 8.22. The minimum atomic E-state index is -1.82. The van der Waals surface area contributed by atoms with Gasteiger partial charge in [-0.25, -0.2) is 9.59 Å². The molecule has 1 fully saturated rings. The second-order valence-corrected chi connectivity index (χ2v) is 6.94. The van der Waals surface area contributed by atoms with E-state index >= 15 is 0 Å². The molecule has 1 spiro atoms. The highest BCUT2D eigenvalue weighted by Gasteiger charge is 2.44. The number of hydrogen-bond acceptors (Lipinski definition) is 4. The first-order valence-electron chi connectivity index (χ1n) is 8.97. The average Bonchev–Trinajstić information content (AvgIpc) is 3.23. The van der Waals surface area contributed by atoms with Crippen molar-refractivity contribution in [3.8, 4) is 5.75 Å². The summed E-state index contributed by atoms with van der Waals surface area (Å²) in [7, 11) is 0. The minimum Gasteiger partial charge on any atom is -0.485 e. The monoisotopic (exact) mass is 369 g/mol. The number of carbonyl (C=O) groups is 2. The van der Waals surface area contributed by atoms with Gasteiger partial charge in [0, 0.05) is 32.5 Å². The van der Waals surface area contributed by atoms with Gasteiger partial charge in [-0.15, -0.1) is 0 Å². The number of para-hydroxylation sites is 1. The van der Waals surface area contributed by atoms with Crippen LogP contribution in [0.1, 0.15) is 17.5 Å². The summed E-state index contributed by atoms with van der Waals surface area (Å²) in [6.07, 6.45) is 3.35. The first-order chi connectivity index (χ1) is 13.0. The molecule has 1 atom stereocenters. The highest BCUT2D eigenvalue weighted by atomic mass is 16.5. The van der Waals surface area contributed by atoms with Crippen LogP contribution in [0.25, 0.3) is 0 Å². The fourth-order valence-corrected chi connectivity index (χ4v) is 3.64. The number of benzene rings is 2. The van der Waals surface area contributed by atoms with Crippen molar-refractivity contribution in [3.63, 3.8) is 0 Å². The van der Waals surface area contributed by atoms with Gasteiger partial charge in [0.05, 0.1) is 0 Å². The molecule has 0 aromatic heterocycles. The summed E-state index contributed by atoms with van der Waals surface area (Å²) in [5.74, 6) is -2.55. The first-order valence-corrected chi connectivity index (χ1v) is 8.97. The maximum Gasteiger partial charge on any atom is 0.414 e. The van der Waals surface area contributed by atoms with Crippen LogP contribution in [-0.4, -0.2) is 52.3 Å². The normalized spacial score (nSPS) is 20.4. The number of likely N-dealkylation sites (tertiary alicyclic amines) is 1. The molecule has 2 aromatic rings. The summed E-state index contributed by atoms with van der Waals surface area (Å²) in [4.78, 5) is 20.8. The number of carboxylic acid groups (broad SMARTS) is 2. The quantitative estimate of drug-likeness (QED) is 0.809. The van der Waals surface area contributed by atoms with Gasteiger partial charge >= 0.3 is 11.9 Å². The van der Waals surface area contributed by atoms with Gasteiger partial charge in [-0.1, -0.05) is 48.5 Å². The van der Waals surface area contributed by atoms with Crippen LogP contribution in [0.5, 0.6) is 5.75 Å². The average molecular weight is 369 g/mol. The Hall–Kier alpha value is -2.86. The van der Waals surface area contributed by atoms with E-state index < -0.39 is 11.9 Å². The fourth-order valence-electron chi connectivity index (χ4n) is 3.64. The lowest BCUT2D eigenvalue weighted by molar-refractivity contribution is -0.159. The zero-order valence-corrected chi connectivity index (χ0v) is 15.0. The van der Waals surface area contributed by atoms with Crippen LogP contribution in [0.3, 0.4) is 0 Å². The predicted octanol–water partition coefficient (Wildman–Crippen LogP) is 2.46. The van der Waals surface area contributed by atoms with Crippen molar-refractivity contribution in [2.24, 2.45) is 0 Å². The number of fused-ring (bicyclic) bond motifs is 1. The van der Waals surface area contributed by atoms with Gasteiger partial charge in [0.15, 0.2) is 0 Å². The van der Waals surface area contributed by atoms with Crippen LogP contribution < -0.4 is 4.74 Å². The third-order valence-electron chi connectivity index (χ3n) is 4.95. The highest BCUT2D eigenvalue weighted by molar-refractivity contribution is 6.27. The lowest BCUT2D eigenvalue weighted by atomic mass is 9.96. The molecule has 2 heterocycles. The van der Waals surface area contributed by atoms with Crippen molar-refractivity contribution < 1.29 is 24.5 Å². The van der Waals surface area contributed by atoms with E-state index in [0.29, 0.717) is 0 Å². The van der Waals surface area contributed by atoms with Gasteiger partial charge in [0.1, 0.15) is 11.4 Å². The van der Waals surface area contributed by atoms with Crippen molar-refractivity contribution in [1.82, 2.24) is 4.90 Å². The Morgan fingerprint density at radius 3 is 2.33 bits per heavy atom. The smallest absolute Gasteiger partial charge is 0.414 e. The molecule has 4 rings (SSSR count). The third-order valence-corrected chi connectivity index (χ3v) is 4.95. The van der Waals surface area contributed by atoms with Crippen molar-refractivity contribution in [3.05, 3.63) is 65.7 Å². The maximum atomic E-state index is 9.10. The van der Waals surface area contributed by atoms with E-state index in [1.165, 1.54) is 11.1 Å². The molecule has 2 aromatic carbocycles. The lowest BCUT2D eigenvalue weighted by Crippen LogP contribution is -2.38. The number of aliphatic carboxylic acids is 2. The summed E-state index contributed by atoms with van der Waals surface area (Å²) in [6, 6.07) is 19.3. The van der Waals surface area contributed by atoms with Crippen LogP contribution in [-0.2, 0) is 22.4 Å². The Bertz CT molecular complexity index is 768. The van der Waals surface area contributed by atoms with Crippen molar-refractivity contribution in [2.45, 2.75) is 24.9 Å². The van der Waals surface area contributed by atoms with Gasteiger partial charge in [-0.05, 0) is 23.6 Å². The van der Waals surface area contributed by atoms with E-state index in [-0.39, 0.29) is 5.60 Å². The Kier molecular flexibility index (Phi) is 5.76. The van der Waals surface area contributed by atoms with Crippen LogP contribution in [0.4, 0.5) is 0 Å². The fraction of sp³-hybridized carbons (Fsp3) is 0.333. The summed E-state index contributed by atoms with van der Waals surface area (Å²) in [5.41, 5.74) is 2.84. The molecule has 0 bridgehead atoms. The molecule has 1 unspecified atom stereocenters. The third kappa shape index (κ3) is 4.86. The van der Waals surface area contributed by atoms with Gasteiger partial charge in [-0.3, -0.25) is 4.90 Å². The van der Waals surface area contributed by atoms with Crippen LogP contribution in [0, 0.1) is 0 Å². The molecule has 6 heteroatoms. The van der Waals surface area contributed by atoms with Crippen LogP contribution >= 0.6 is 0 Å². The van der Waals surface area contributed by atoms with E-state index in [9.17, 15) is 0 Å². The molecular weight excluding hydrogens is 346 g/mol. The Morgan fingerprint density at radius 1 is 1.00 bits per heavy atom. The molecule has 0 aliphatic carbocycles. The van der Waals surface area contributed by atoms with Gasteiger partial charge in [0.25, 0.3) is 0 Å². The Morgan fingerprint density at radius 2 is 1.67 bits per heavy atom. The molecule has 2 aliphatic heterocycles. The van der Waals surface area contributed by atoms with Crippen molar-refractivity contribution in [2.75, 3.05) is 19.6 Å². The topological polar surface area (TPSA) is 87.1 Å². The number of carboxylic acids is 2. The van der Waals surface area contributed by atoms with E-state index in [4.69, 9.17) is 24.5 Å². The molecule has 2 aliphatic rings. The molecule has 0 radical (unpaired) electrons. The number of rotatable bonds is 3. The summed E-state index contributed by atoms with van der Waals surface area (Å²) >= 11 is 0. The zero-order valence-electron chi connectivity index (χ0n) is 15.0. The molecule has 6 nitrogen and oxygen atoms in total. The predicted molar refractivity (Wildman–Crippen MR) is 100.0 cm³/mol. The summed E-state index contributed by atoms with van der Waals surface area (Å²) in [5, 5.41) is 14.8.